The molecule has 1 aromatic rings. The molecule has 0 aromatic heterocycles. The molecule has 90 valence electrons. The summed E-state index contributed by atoms with van der Waals surface area (Å²) in [6.07, 6.45) is 0.951. The fourth-order valence-corrected chi connectivity index (χ4v) is 1.69. The van der Waals surface area contributed by atoms with Crippen LogP contribution in [0.4, 0.5) is 0 Å². The number of nitrogens with one attached hydrogen (secondary N) is 2. The Kier molecular flexibility index (Phi) is 3.55. The molecule has 0 bridgehead atoms. The second kappa shape index (κ2) is 5.11. The number of fused-ring (bicyclic) bond motifs is 1. The SMILES string of the molecule is CC(=NNC(=S)NN)c1ccc2c(c1)CCO2. The minimum absolute atomic E-state index is 0.286. The summed E-state index contributed by atoms with van der Waals surface area (Å²) >= 11 is 4.83. The summed E-state index contributed by atoms with van der Waals surface area (Å²) < 4.78 is 5.45. The van der Waals surface area contributed by atoms with Crippen LogP contribution >= 0.6 is 12.2 Å². The quantitative estimate of drug-likeness (QED) is 0.312. The summed E-state index contributed by atoms with van der Waals surface area (Å²) in [4.78, 5) is 0. The number of benzene rings is 1. The maximum absolute atomic E-state index is 5.45. The van der Waals surface area contributed by atoms with Gasteiger partial charge in [-0.15, -0.1) is 0 Å². The van der Waals surface area contributed by atoms with Crippen LogP contribution in [-0.2, 0) is 6.42 Å². The van der Waals surface area contributed by atoms with Crippen LogP contribution < -0.4 is 21.4 Å². The first-order chi connectivity index (χ1) is 8.20. The molecule has 0 fully saturated rings. The van der Waals surface area contributed by atoms with Crippen molar-refractivity contribution in [3.63, 3.8) is 0 Å². The molecular weight excluding hydrogens is 236 g/mol. The largest absolute Gasteiger partial charge is 0.493 e. The summed E-state index contributed by atoms with van der Waals surface area (Å²) in [7, 11) is 0. The molecule has 6 heteroatoms. The van der Waals surface area contributed by atoms with Gasteiger partial charge in [0.15, 0.2) is 0 Å². The minimum Gasteiger partial charge on any atom is -0.493 e. The highest BCUT2D eigenvalue weighted by Gasteiger charge is 2.12. The third kappa shape index (κ3) is 2.72. The van der Waals surface area contributed by atoms with E-state index < -0.39 is 0 Å². The number of hydrogen-bond acceptors (Lipinski definition) is 4. The van der Waals surface area contributed by atoms with E-state index in [1.165, 1.54) is 5.56 Å². The number of nitrogens with zero attached hydrogens (tertiary/aromatic N) is 1. The molecule has 0 radical (unpaired) electrons. The summed E-state index contributed by atoms with van der Waals surface area (Å²) in [6, 6.07) is 6.03. The molecule has 0 saturated carbocycles. The van der Waals surface area contributed by atoms with Crippen molar-refractivity contribution < 1.29 is 4.74 Å². The summed E-state index contributed by atoms with van der Waals surface area (Å²) in [6.45, 7) is 2.66. The van der Waals surface area contributed by atoms with E-state index in [-0.39, 0.29) is 5.11 Å². The zero-order chi connectivity index (χ0) is 12.3. The molecule has 1 heterocycles. The lowest BCUT2D eigenvalue weighted by molar-refractivity contribution is 0.357. The van der Waals surface area contributed by atoms with E-state index >= 15 is 0 Å². The van der Waals surface area contributed by atoms with Crippen LogP contribution in [0.2, 0.25) is 0 Å². The van der Waals surface area contributed by atoms with Gasteiger partial charge in [0.05, 0.1) is 12.3 Å². The highest BCUT2D eigenvalue weighted by molar-refractivity contribution is 7.80. The second-order valence-electron chi connectivity index (χ2n) is 3.70. The molecule has 1 aliphatic rings. The first-order valence-corrected chi connectivity index (χ1v) is 5.68. The topological polar surface area (TPSA) is 71.7 Å². The molecular formula is C11H14N4OS. The molecule has 0 saturated heterocycles. The first kappa shape index (κ1) is 11.8. The third-order valence-electron chi connectivity index (χ3n) is 2.56. The first-order valence-electron chi connectivity index (χ1n) is 5.27. The van der Waals surface area contributed by atoms with Gasteiger partial charge in [-0.3, -0.25) is 10.9 Å². The van der Waals surface area contributed by atoms with E-state index in [9.17, 15) is 0 Å². The Morgan fingerprint density at radius 1 is 1.53 bits per heavy atom. The number of hydrogen-bond donors (Lipinski definition) is 3. The van der Waals surface area contributed by atoms with Crippen molar-refractivity contribution in [2.45, 2.75) is 13.3 Å². The van der Waals surface area contributed by atoms with Crippen LogP contribution in [0.25, 0.3) is 0 Å². The van der Waals surface area contributed by atoms with Gasteiger partial charge in [-0.25, -0.2) is 5.84 Å². The predicted octanol–water partition coefficient (Wildman–Crippen LogP) is 0.683. The van der Waals surface area contributed by atoms with Crippen molar-refractivity contribution in [1.29, 1.82) is 0 Å². The zero-order valence-corrected chi connectivity index (χ0v) is 10.3. The summed E-state index contributed by atoms with van der Waals surface area (Å²) in [5.41, 5.74) is 8.06. The Morgan fingerprint density at radius 3 is 3.12 bits per heavy atom. The molecule has 0 aliphatic carbocycles. The van der Waals surface area contributed by atoms with Crippen molar-refractivity contribution in [2.75, 3.05) is 6.61 Å². The Balaban J connectivity index is 2.14. The highest BCUT2D eigenvalue weighted by atomic mass is 32.1. The van der Waals surface area contributed by atoms with Gasteiger partial charge in [0.1, 0.15) is 5.75 Å². The maximum Gasteiger partial charge on any atom is 0.201 e. The third-order valence-corrected chi connectivity index (χ3v) is 2.77. The Hall–Kier alpha value is -1.66. The number of thiocarbonyl (C=S) groups is 1. The lowest BCUT2D eigenvalue weighted by Gasteiger charge is -2.05. The van der Waals surface area contributed by atoms with Crippen molar-refractivity contribution in [2.24, 2.45) is 10.9 Å². The lowest BCUT2D eigenvalue weighted by atomic mass is 10.1. The van der Waals surface area contributed by atoms with Gasteiger partial charge < -0.3 is 4.74 Å². The lowest BCUT2D eigenvalue weighted by Crippen LogP contribution is -2.37. The second-order valence-corrected chi connectivity index (χ2v) is 4.11. The summed E-state index contributed by atoms with van der Waals surface area (Å²) in [5.74, 6) is 6.10. The number of rotatable bonds is 2. The molecule has 17 heavy (non-hydrogen) atoms. The van der Waals surface area contributed by atoms with Gasteiger partial charge in [-0.05, 0) is 48.5 Å². The predicted molar refractivity (Wildman–Crippen MR) is 70.9 cm³/mol. The number of hydrazone groups is 1. The van der Waals surface area contributed by atoms with Crippen molar-refractivity contribution in [3.8, 4) is 5.75 Å². The van der Waals surface area contributed by atoms with Gasteiger partial charge in [0, 0.05) is 6.42 Å². The van der Waals surface area contributed by atoms with E-state index in [2.05, 4.69) is 22.0 Å². The van der Waals surface area contributed by atoms with Crippen LogP contribution in [-0.4, -0.2) is 17.4 Å². The van der Waals surface area contributed by atoms with Crippen LogP contribution in [0.3, 0.4) is 0 Å². The van der Waals surface area contributed by atoms with Crippen molar-refractivity contribution in [3.05, 3.63) is 29.3 Å². The maximum atomic E-state index is 5.45. The fraction of sp³-hybridized carbons (Fsp3) is 0.273. The van der Waals surface area contributed by atoms with Gasteiger partial charge >= 0.3 is 0 Å². The molecule has 0 amide bonds. The number of ether oxygens (including phenoxy) is 1. The molecule has 0 atom stereocenters. The standard InChI is InChI=1S/C11H14N4OS/c1-7(14-15-11(17)13-12)8-2-3-10-9(6-8)4-5-16-10/h2-3,6H,4-5,12H2,1H3,(H2,13,15,17). The van der Waals surface area contributed by atoms with Crippen LogP contribution in [0, 0.1) is 0 Å². The van der Waals surface area contributed by atoms with Crippen molar-refractivity contribution in [1.82, 2.24) is 10.9 Å². The van der Waals surface area contributed by atoms with E-state index in [0.29, 0.717) is 0 Å². The highest BCUT2D eigenvalue weighted by Crippen LogP contribution is 2.25. The van der Waals surface area contributed by atoms with Crippen LogP contribution in [0.5, 0.6) is 5.75 Å². The molecule has 1 aliphatic heterocycles. The van der Waals surface area contributed by atoms with E-state index in [1.54, 1.807) is 0 Å². The van der Waals surface area contributed by atoms with Gasteiger partial charge in [-0.2, -0.15) is 5.10 Å². The van der Waals surface area contributed by atoms with Gasteiger partial charge in [0.25, 0.3) is 0 Å². The fourth-order valence-electron chi connectivity index (χ4n) is 1.64. The smallest absolute Gasteiger partial charge is 0.201 e. The van der Waals surface area contributed by atoms with E-state index in [1.807, 2.05) is 19.1 Å². The Morgan fingerprint density at radius 2 is 2.35 bits per heavy atom. The normalized spacial score (nSPS) is 13.9. The minimum atomic E-state index is 0.286. The van der Waals surface area contributed by atoms with Gasteiger partial charge in [0.2, 0.25) is 5.11 Å². The average Bonchev–Trinajstić information content (AvgIpc) is 2.82. The van der Waals surface area contributed by atoms with E-state index in [0.717, 1.165) is 30.1 Å². The molecule has 0 unspecified atom stereocenters. The Bertz CT molecular complexity index is 473. The van der Waals surface area contributed by atoms with Crippen LogP contribution in [0.15, 0.2) is 23.3 Å². The monoisotopic (exact) mass is 250 g/mol. The van der Waals surface area contributed by atoms with Gasteiger partial charge in [-0.1, -0.05) is 0 Å². The zero-order valence-electron chi connectivity index (χ0n) is 9.49. The van der Waals surface area contributed by atoms with E-state index in [4.69, 9.17) is 22.8 Å². The average molecular weight is 250 g/mol. The number of hydrazine groups is 1. The molecule has 2 rings (SSSR count). The molecule has 1 aromatic carbocycles. The molecule has 4 N–H and O–H groups in total. The summed E-state index contributed by atoms with van der Waals surface area (Å²) in [5, 5.41) is 4.42. The molecule has 0 spiro atoms. The number of nitrogens with two attached hydrogens (primary N) is 1. The molecule has 5 nitrogen and oxygen atoms in total. The Labute approximate surface area is 105 Å². The van der Waals surface area contributed by atoms with Crippen molar-refractivity contribution >= 4 is 23.0 Å². The van der Waals surface area contributed by atoms with Crippen LogP contribution in [0.1, 0.15) is 18.1 Å².